The number of fused-ring (bicyclic) bond motifs is 1. The van der Waals surface area contributed by atoms with Crippen molar-refractivity contribution in [3.8, 4) is 0 Å². The minimum atomic E-state index is 0. The van der Waals surface area contributed by atoms with E-state index in [4.69, 9.17) is 0 Å². The van der Waals surface area contributed by atoms with Gasteiger partial charge in [0.25, 0.3) is 0 Å². The first kappa shape index (κ1) is 16.1. The van der Waals surface area contributed by atoms with E-state index < -0.39 is 0 Å². The molecule has 1 nitrogen and oxygen atoms in total. The predicted molar refractivity (Wildman–Crippen MR) is 94.1 cm³/mol. The molecule has 0 atom stereocenters. The molecule has 0 amide bonds. The van der Waals surface area contributed by atoms with Gasteiger partial charge in [-0.1, -0.05) is 54.1 Å². The smallest absolute Gasteiger partial charge is 0.0211 e. The molecule has 0 heterocycles. The summed E-state index contributed by atoms with van der Waals surface area (Å²) in [5.41, 5.74) is 3.06. The van der Waals surface area contributed by atoms with E-state index >= 15 is 0 Å². The van der Waals surface area contributed by atoms with E-state index in [9.17, 15) is 0 Å². The molecular formula is C19H24ClN. The zero-order valence-corrected chi connectivity index (χ0v) is 13.3. The maximum atomic E-state index is 3.60. The van der Waals surface area contributed by atoms with Crippen molar-refractivity contribution in [3.63, 3.8) is 0 Å². The second-order valence-corrected chi connectivity index (χ2v) is 5.67. The summed E-state index contributed by atoms with van der Waals surface area (Å²) in [6.45, 7) is 2.06. The van der Waals surface area contributed by atoms with Gasteiger partial charge in [-0.3, -0.25) is 0 Å². The number of allylic oxidation sites excluding steroid dienone is 1. The quantitative estimate of drug-likeness (QED) is 0.588. The van der Waals surface area contributed by atoms with Crippen LogP contribution in [0.1, 0.15) is 37.7 Å². The van der Waals surface area contributed by atoms with Crippen LogP contribution in [-0.2, 0) is 6.54 Å². The van der Waals surface area contributed by atoms with Crippen LogP contribution in [0.25, 0.3) is 10.8 Å². The van der Waals surface area contributed by atoms with E-state index in [1.54, 1.807) is 5.57 Å². The molecule has 1 N–H and O–H groups in total. The normalized spacial score (nSPS) is 14.6. The van der Waals surface area contributed by atoms with Gasteiger partial charge in [0.2, 0.25) is 0 Å². The third-order valence-corrected chi connectivity index (χ3v) is 4.20. The van der Waals surface area contributed by atoms with Crippen molar-refractivity contribution in [2.75, 3.05) is 6.54 Å². The first-order valence-electron chi connectivity index (χ1n) is 7.79. The lowest BCUT2D eigenvalue weighted by Crippen LogP contribution is -2.15. The fourth-order valence-corrected chi connectivity index (χ4v) is 3.05. The first-order valence-corrected chi connectivity index (χ1v) is 7.79. The van der Waals surface area contributed by atoms with Gasteiger partial charge in [0, 0.05) is 6.54 Å². The lowest BCUT2D eigenvalue weighted by atomic mass is 9.97. The standard InChI is InChI=1S/C19H23N.ClH/c1-2-7-16(8-3-1)13-14-20-15-18-11-6-10-17-9-4-5-12-19(17)18;/h4-7,9-12,20H,1-3,8,13-15H2;1H. The fourth-order valence-electron chi connectivity index (χ4n) is 3.05. The van der Waals surface area contributed by atoms with Crippen LogP contribution in [0.4, 0.5) is 0 Å². The Labute approximate surface area is 133 Å². The maximum Gasteiger partial charge on any atom is 0.0211 e. The molecule has 2 aromatic carbocycles. The Morgan fingerprint density at radius 2 is 1.81 bits per heavy atom. The van der Waals surface area contributed by atoms with Crippen molar-refractivity contribution in [1.82, 2.24) is 5.32 Å². The molecule has 0 saturated carbocycles. The molecule has 0 aromatic heterocycles. The largest absolute Gasteiger partial charge is 0.312 e. The summed E-state index contributed by atoms with van der Waals surface area (Å²) in [7, 11) is 0. The highest BCUT2D eigenvalue weighted by molar-refractivity contribution is 5.85. The molecule has 3 rings (SSSR count). The van der Waals surface area contributed by atoms with E-state index in [1.165, 1.54) is 48.4 Å². The molecule has 0 saturated heterocycles. The Morgan fingerprint density at radius 3 is 2.67 bits per heavy atom. The van der Waals surface area contributed by atoms with Crippen molar-refractivity contribution >= 4 is 23.2 Å². The summed E-state index contributed by atoms with van der Waals surface area (Å²) in [4.78, 5) is 0. The van der Waals surface area contributed by atoms with Crippen LogP contribution in [0.2, 0.25) is 0 Å². The molecule has 0 unspecified atom stereocenters. The molecule has 0 radical (unpaired) electrons. The van der Waals surface area contributed by atoms with Crippen molar-refractivity contribution in [1.29, 1.82) is 0 Å². The second kappa shape index (κ2) is 8.21. The number of rotatable bonds is 5. The topological polar surface area (TPSA) is 12.0 Å². The lowest BCUT2D eigenvalue weighted by Gasteiger charge is -2.13. The minimum Gasteiger partial charge on any atom is -0.312 e. The van der Waals surface area contributed by atoms with Crippen LogP contribution in [0.3, 0.4) is 0 Å². The third-order valence-electron chi connectivity index (χ3n) is 4.20. The van der Waals surface area contributed by atoms with Gasteiger partial charge in [0.15, 0.2) is 0 Å². The van der Waals surface area contributed by atoms with Gasteiger partial charge in [-0.2, -0.15) is 0 Å². The Kier molecular flexibility index (Phi) is 6.28. The van der Waals surface area contributed by atoms with Gasteiger partial charge >= 0.3 is 0 Å². The van der Waals surface area contributed by atoms with Crippen LogP contribution in [-0.4, -0.2) is 6.54 Å². The Morgan fingerprint density at radius 1 is 0.952 bits per heavy atom. The van der Waals surface area contributed by atoms with E-state index in [0.717, 1.165) is 13.1 Å². The number of halogens is 1. The summed E-state index contributed by atoms with van der Waals surface area (Å²) >= 11 is 0. The van der Waals surface area contributed by atoms with Crippen LogP contribution >= 0.6 is 12.4 Å². The molecule has 1 aliphatic carbocycles. The monoisotopic (exact) mass is 301 g/mol. The van der Waals surface area contributed by atoms with Gasteiger partial charge in [0.1, 0.15) is 0 Å². The molecule has 2 aromatic rings. The van der Waals surface area contributed by atoms with E-state index in [-0.39, 0.29) is 12.4 Å². The molecule has 112 valence electrons. The van der Waals surface area contributed by atoms with Gasteiger partial charge < -0.3 is 5.32 Å². The fraction of sp³-hybridized carbons (Fsp3) is 0.368. The van der Waals surface area contributed by atoms with Gasteiger partial charge in [-0.05, 0) is 55.0 Å². The highest BCUT2D eigenvalue weighted by Gasteiger charge is 2.03. The first-order chi connectivity index (χ1) is 9.93. The van der Waals surface area contributed by atoms with Crippen LogP contribution in [0, 0.1) is 0 Å². The van der Waals surface area contributed by atoms with Crippen molar-refractivity contribution < 1.29 is 0 Å². The van der Waals surface area contributed by atoms with Crippen LogP contribution in [0.5, 0.6) is 0 Å². The zero-order chi connectivity index (χ0) is 13.6. The van der Waals surface area contributed by atoms with Gasteiger partial charge in [0.05, 0.1) is 0 Å². The average molecular weight is 302 g/mol. The Balaban J connectivity index is 0.00000161. The highest BCUT2D eigenvalue weighted by atomic mass is 35.5. The predicted octanol–water partition coefficient (Wildman–Crippen LogP) is 5.24. The minimum absolute atomic E-state index is 0. The van der Waals surface area contributed by atoms with Gasteiger partial charge in [-0.15, -0.1) is 12.4 Å². The maximum absolute atomic E-state index is 3.60. The zero-order valence-electron chi connectivity index (χ0n) is 12.5. The molecule has 0 aliphatic heterocycles. The highest BCUT2D eigenvalue weighted by Crippen LogP contribution is 2.20. The number of hydrogen-bond donors (Lipinski definition) is 1. The molecule has 0 spiro atoms. The van der Waals surface area contributed by atoms with Crippen LogP contribution in [0.15, 0.2) is 54.1 Å². The Hall–Kier alpha value is -1.31. The van der Waals surface area contributed by atoms with E-state index in [1.807, 2.05) is 0 Å². The van der Waals surface area contributed by atoms with Crippen molar-refractivity contribution in [3.05, 3.63) is 59.7 Å². The van der Waals surface area contributed by atoms with E-state index in [0.29, 0.717) is 0 Å². The molecule has 2 heteroatoms. The number of benzene rings is 2. The molecule has 21 heavy (non-hydrogen) atoms. The summed E-state index contributed by atoms with van der Waals surface area (Å²) in [5.74, 6) is 0. The van der Waals surface area contributed by atoms with Crippen molar-refractivity contribution in [2.24, 2.45) is 0 Å². The average Bonchev–Trinajstić information content (AvgIpc) is 2.53. The summed E-state index contributed by atoms with van der Waals surface area (Å²) in [6, 6.07) is 15.2. The molecule has 0 fully saturated rings. The van der Waals surface area contributed by atoms with E-state index in [2.05, 4.69) is 53.9 Å². The third kappa shape index (κ3) is 4.33. The van der Waals surface area contributed by atoms with Gasteiger partial charge in [-0.25, -0.2) is 0 Å². The SMILES string of the molecule is C1=C(CCNCc2cccc3ccccc23)CCCC1.Cl. The lowest BCUT2D eigenvalue weighted by molar-refractivity contribution is 0.633. The second-order valence-electron chi connectivity index (χ2n) is 5.67. The number of nitrogens with one attached hydrogen (secondary N) is 1. The Bertz CT molecular complexity index is 598. The summed E-state index contributed by atoms with van der Waals surface area (Å²) in [5, 5.41) is 6.31. The van der Waals surface area contributed by atoms with Crippen LogP contribution < -0.4 is 5.32 Å². The van der Waals surface area contributed by atoms with Crippen molar-refractivity contribution in [2.45, 2.75) is 38.6 Å². The molecule has 1 aliphatic rings. The summed E-state index contributed by atoms with van der Waals surface area (Å²) in [6.07, 6.45) is 9.03. The number of hydrogen-bond acceptors (Lipinski definition) is 1. The molecule has 0 bridgehead atoms. The molecular weight excluding hydrogens is 278 g/mol. The summed E-state index contributed by atoms with van der Waals surface area (Å²) < 4.78 is 0.